The Morgan fingerprint density at radius 1 is 0.962 bits per heavy atom. The molecule has 0 aliphatic carbocycles. The second kappa shape index (κ2) is 6.18. The standard InChI is InChI=1S/C21H20N2O2S/c1-12-14(3)25-15(4)13(2)23(12)16-9-10-17(19(24)11-16)21-22-18-7-5-6-8-20(18)26-21/h5-11,24H,1-4H3. The molecule has 3 aromatic rings. The average molecular weight is 364 g/mol. The fraction of sp³-hybridized carbons (Fsp3) is 0.190. The molecule has 1 aromatic heterocycles. The topological polar surface area (TPSA) is 45.6 Å². The quantitative estimate of drug-likeness (QED) is 0.605. The molecule has 0 amide bonds. The van der Waals surface area contributed by atoms with E-state index in [1.807, 2.05) is 64.1 Å². The molecule has 5 heteroatoms. The molecule has 0 unspecified atom stereocenters. The Hall–Kier alpha value is -2.79. The second-order valence-corrected chi connectivity index (χ2v) is 7.44. The number of rotatable bonds is 2. The summed E-state index contributed by atoms with van der Waals surface area (Å²) in [5, 5.41) is 11.5. The van der Waals surface area contributed by atoms with Crippen LogP contribution in [0.3, 0.4) is 0 Å². The maximum absolute atomic E-state index is 10.7. The molecular formula is C21H20N2O2S. The first-order chi connectivity index (χ1) is 12.5. The van der Waals surface area contributed by atoms with Crippen LogP contribution in [0.1, 0.15) is 27.7 Å². The molecule has 0 spiro atoms. The van der Waals surface area contributed by atoms with Gasteiger partial charge in [-0.15, -0.1) is 11.3 Å². The summed E-state index contributed by atoms with van der Waals surface area (Å²) >= 11 is 1.58. The van der Waals surface area contributed by atoms with Crippen LogP contribution in [0.25, 0.3) is 20.8 Å². The Labute approximate surface area is 156 Å². The van der Waals surface area contributed by atoms with Crippen LogP contribution in [0.15, 0.2) is 65.4 Å². The molecule has 0 saturated heterocycles. The summed E-state index contributed by atoms with van der Waals surface area (Å²) in [7, 11) is 0. The zero-order valence-corrected chi connectivity index (χ0v) is 16.0. The van der Waals surface area contributed by atoms with E-state index in [0.717, 1.165) is 49.4 Å². The van der Waals surface area contributed by atoms with Crippen LogP contribution in [0, 0.1) is 0 Å². The van der Waals surface area contributed by atoms with Crippen molar-refractivity contribution in [1.82, 2.24) is 4.98 Å². The second-order valence-electron chi connectivity index (χ2n) is 6.41. The molecular weight excluding hydrogens is 344 g/mol. The van der Waals surface area contributed by atoms with E-state index in [9.17, 15) is 5.11 Å². The highest BCUT2D eigenvalue weighted by atomic mass is 32.1. The highest BCUT2D eigenvalue weighted by Crippen LogP contribution is 2.40. The van der Waals surface area contributed by atoms with Crippen LogP contribution < -0.4 is 4.90 Å². The number of benzene rings is 2. The highest BCUT2D eigenvalue weighted by Gasteiger charge is 2.22. The van der Waals surface area contributed by atoms with Crippen LogP contribution in [0.2, 0.25) is 0 Å². The van der Waals surface area contributed by atoms with Crippen molar-refractivity contribution in [2.24, 2.45) is 0 Å². The maximum atomic E-state index is 10.7. The summed E-state index contributed by atoms with van der Waals surface area (Å²) in [6, 6.07) is 13.7. The fourth-order valence-electron chi connectivity index (χ4n) is 3.16. The monoisotopic (exact) mass is 364 g/mol. The number of ether oxygens (including phenoxy) is 1. The van der Waals surface area contributed by atoms with Gasteiger partial charge < -0.3 is 14.7 Å². The first kappa shape index (κ1) is 16.7. The van der Waals surface area contributed by atoms with Gasteiger partial charge in [-0.1, -0.05) is 12.1 Å². The third kappa shape index (κ3) is 2.65. The lowest BCUT2D eigenvalue weighted by molar-refractivity contribution is 0.288. The SMILES string of the molecule is CC1=C(C)N(c2ccc(-c3nc4ccccc4s3)c(O)c2)C(C)=C(C)O1. The Kier molecular flexibility index (Phi) is 3.96. The van der Waals surface area contributed by atoms with Crippen molar-refractivity contribution in [1.29, 1.82) is 0 Å². The molecule has 2 aromatic carbocycles. The summed E-state index contributed by atoms with van der Waals surface area (Å²) in [5.74, 6) is 1.95. The number of aromatic hydroxyl groups is 1. The van der Waals surface area contributed by atoms with Crippen molar-refractivity contribution in [2.45, 2.75) is 27.7 Å². The van der Waals surface area contributed by atoms with Gasteiger partial charge >= 0.3 is 0 Å². The molecule has 0 saturated carbocycles. The van der Waals surface area contributed by atoms with Crippen LogP contribution >= 0.6 is 11.3 Å². The average Bonchev–Trinajstić information content (AvgIpc) is 3.04. The molecule has 0 radical (unpaired) electrons. The van der Waals surface area contributed by atoms with E-state index in [-0.39, 0.29) is 5.75 Å². The predicted octanol–water partition coefficient (Wildman–Crippen LogP) is 6.01. The van der Waals surface area contributed by atoms with Crippen molar-refractivity contribution >= 4 is 27.2 Å². The molecule has 26 heavy (non-hydrogen) atoms. The molecule has 132 valence electrons. The molecule has 4 nitrogen and oxygen atoms in total. The maximum Gasteiger partial charge on any atom is 0.128 e. The van der Waals surface area contributed by atoms with Crippen molar-refractivity contribution in [3.05, 3.63) is 65.4 Å². The molecule has 4 rings (SSSR count). The van der Waals surface area contributed by atoms with Crippen LogP contribution in [-0.2, 0) is 4.74 Å². The number of allylic oxidation sites excluding steroid dienone is 4. The minimum Gasteiger partial charge on any atom is -0.507 e. The lowest BCUT2D eigenvalue weighted by atomic mass is 10.1. The van der Waals surface area contributed by atoms with E-state index in [1.165, 1.54) is 0 Å². The summed E-state index contributed by atoms with van der Waals surface area (Å²) in [6.45, 7) is 7.94. The molecule has 1 aliphatic heterocycles. The first-order valence-corrected chi connectivity index (χ1v) is 9.29. The van der Waals surface area contributed by atoms with Crippen molar-refractivity contribution in [3.8, 4) is 16.3 Å². The van der Waals surface area contributed by atoms with E-state index in [0.29, 0.717) is 0 Å². The number of hydrogen-bond donors (Lipinski definition) is 1. The van der Waals surface area contributed by atoms with Gasteiger partial charge in [0.05, 0.1) is 27.2 Å². The summed E-state index contributed by atoms with van der Waals surface area (Å²) in [4.78, 5) is 6.75. The summed E-state index contributed by atoms with van der Waals surface area (Å²) in [6.07, 6.45) is 0. The summed E-state index contributed by atoms with van der Waals surface area (Å²) < 4.78 is 6.88. The van der Waals surface area contributed by atoms with Crippen LogP contribution in [0.5, 0.6) is 5.75 Å². The third-order valence-electron chi connectivity index (χ3n) is 4.76. The van der Waals surface area contributed by atoms with Crippen LogP contribution in [-0.4, -0.2) is 10.1 Å². The van der Waals surface area contributed by atoms with E-state index in [2.05, 4.69) is 9.88 Å². The van der Waals surface area contributed by atoms with Gasteiger partial charge in [-0.3, -0.25) is 0 Å². The Morgan fingerprint density at radius 2 is 1.65 bits per heavy atom. The number of hydrogen-bond acceptors (Lipinski definition) is 5. The predicted molar refractivity (Wildman–Crippen MR) is 107 cm³/mol. The largest absolute Gasteiger partial charge is 0.507 e. The Morgan fingerprint density at radius 3 is 2.31 bits per heavy atom. The zero-order chi connectivity index (χ0) is 18.4. The Balaban J connectivity index is 1.78. The van der Waals surface area contributed by atoms with E-state index in [4.69, 9.17) is 4.74 Å². The van der Waals surface area contributed by atoms with Crippen molar-refractivity contribution in [2.75, 3.05) is 4.90 Å². The normalized spacial score (nSPS) is 15.0. The van der Waals surface area contributed by atoms with E-state index in [1.54, 1.807) is 17.4 Å². The van der Waals surface area contributed by atoms with Crippen molar-refractivity contribution in [3.63, 3.8) is 0 Å². The lowest BCUT2D eigenvalue weighted by Crippen LogP contribution is -2.25. The third-order valence-corrected chi connectivity index (χ3v) is 5.83. The number of aromatic nitrogens is 1. The molecule has 0 fully saturated rings. The van der Waals surface area contributed by atoms with E-state index >= 15 is 0 Å². The van der Waals surface area contributed by atoms with Gasteiger partial charge in [0.2, 0.25) is 0 Å². The van der Waals surface area contributed by atoms with Gasteiger partial charge in [0.15, 0.2) is 0 Å². The smallest absolute Gasteiger partial charge is 0.128 e. The van der Waals surface area contributed by atoms with Crippen molar-refractivity contribution < 1.29 is 9.84 Å². The minimum atomic E-state index is 0.226. The number of fused-ring (bicyclic) bond motifs is 1. The van der Waals surface area contributed by atoms with Gasteiger partial charge in [-0.25, -0.2) is 4.98 Å². The Bertz CT molecular complexity index is 1020. The molecule has 1 N–H and O–H groups in total. The molecule has 0 bridgehead atoms. The molecule has 1 aliphatic rings. The van der Waals surface area contributed by atoms with Gasteiger partial charge in [-0.05, 0) is 52.0 Å². The highest BCUT2D eigenvalue weighted by molar-refractivity contribution is 7.21. The molecule has 0 atom stereocenters. The number of phenolic OH excluding ortho intramolecular Hbond substituents is 1. The fourth-order valence-corrected chi connectivity index (χ4v) is 4.16. The summed E-state index contributed by atoms with van der Waals surface area (Å²) in [5.41, 5.74) is 4.64. The van der Waals surface area contributed by atoms with Gasteiger partial charge in [0, 0.05) is 11.8 Å². The van der Waals surface area contributed by atoms with Gasteiger partial charge in [0.25, 0.3) is 0 Å². The number of anilines is 1. The van der Waals surface area contributed by atoms with Gasteiger partial charge in [0.1, 0.15) is 22.3 Å². The lowest BCUT2D eigenvalue weighted by Gasteiger charge is -2.33. The zero-order valence-electron chi connectivity index (χ0n) is 15.2. The number of para-hydroxylation sites is 1. The molecule has 2 heterocycles. The van der Waals surface area contributed by atoms with Gasteiger partial charge in [-0.2, -0.15) is 0 Å². The number of phenols is 1. The first-order valence-electron chi connectivity index (χ1n) is 8.47. The number of thiazole rings is 1. The minimum absolute atomic E-state index is 0.226. The van der Waals surface area contributed by atoms with Crippen LogP contribution in [0.4, 0.5) is 5.69 Å². The van der Waals surface area contributed by atoms with E-state index < -0.39 is 0 Å². The number of nitrogens with zero attached hydrogens (tertiary/aromatic N) is 2.